The number of aromatic carboxylic acids is 1. The summed E-state index contributed by atoms with van der Waals surface area (Å²) in [6.45, 7) is 0. The number of carboxylic acid groups (broad SMARTS) is 1. The number of phenols is 1. The number of benzene rings is 1. The van der Waals surface area contributed by atoms with Crippen molar-refractivity contribution in [1.29, 1.82) is 0 Å². The van der Waals surface area contributed by atoms with Gasteiger partial charge in [0, 0.05) is 0 Å². The van der Waals surface area contributed by atoms with Gasteiger partial charge in [0.15, 0.2) is 17.7 Å². The minimum Gasteiger partial charge on any atom is -0.504 e. The molecular formula is C8H5NO4. The first-order valence-electron chi connectivity index (χ1n) is 3.48. The smallest absolute Gasteiger partial charge is 0.335 e. The molecule has 5 heteroatoms. The van der Waals surface area contributed by atoms with Crippen molar-refractivity contribution in [3.63, 3.8) is 0 Å². The molecule has 0 radical (unpaired) electrons. The van der Waals surface area contributed by atoms with Gasteiger partial charge in [0.1, 0.15) is 5.52 Å². The number of aromatic nitrogens is 1. The lowest BCUT2D eigenvalue weighted by atomic mass is 10.2. The highest BCUT2D eigenvalue weighted by Crippen LogP contribution is 2.25. The number of rotatable bonds is 1. The summed E-state index contributed by atoms with van der Waals surface area (Å²) in [5.41, 5.74) is 0.515. The highest BCUT2D eigenvalue weighted by Gasteiger charge is 2.10. The van der Waals surface area contributed by atoms with Gasteiger partial charge >= 0.3 is 5.97 Å². The van der Waals surface area contributed by atoms with Crippen LogP contribution in [0.4, 0.5) is 0 Å². The minimum absolute atomic E-state index is 0.0149. The lowest BCUT2D eigenvalue weighted by Gasteiger charge is -1.95. The van der Waals surface area contributed by atoms with E-state index in [2.05, 4.69) is 4.98 Å². The van der Waals surface area contributed by atoms with Gasteiger partial charge < -0.3 is 14.6 Å². The van der Waals surface area contributed by atoms with Crippen LogP contribution in [0.15, 0.2) is 22.9 Å². The van der Waals surface area contributed by atoms with Crippen molar-refractivity contribution in [1.82, 2.24) is 4.98 Å². The summed E-state index contributed by atoms with van der Waals surface area (Å²) in [5.74, 6) is -1.33. The van der Waals surface area contributed by atoms with Gasteiger partial charge in [0.2, 0.25) is 0 Å². The van der Waals surface area contributed by atoms with E-state index in [1.165, 1.54) is 6.07 Å². The maximum Gasteiger partial charge on any atom is 0.335 e. The van der Waals surface area contributed by atoms with Crippen LogP contribution in [0, 0.1) is 0 Å². The average Bonchev–Trinajstić information content (AvgIpc) is 2.51. The zero-order chi connectivity index (χ0) is 9.42. The second-order valence-corrected chi connectivity index (χ2v) is 2.50. The number of nitrogens with zero attached hydrogens (tertiary/aromatic N) is 1. The third-order valence-electron chi connectivity index (χ3n) is 1.66. The molecule has 1 aromatic carbocycles. The fourth-order valence-corrected chi connectivity index (χ4v) is 1.07. The molecular weight excluding hydrogens is 174 g/mol. The molecule has 0 fully saturated rings. The Balaban J connectivity index is 2.77. The highest BCUT2D eigenvalue weighted by molar-refractivity contribution is 5.94. The summed E-state index contributed by atoms with van der Waals surface area (Å²) in [5, 5.41) is 17.9. The largest absolute Gasteiger partial charge is 0.504 e. The maximum absolute atomic E-state index is 10.5. The van der Waals surface area contributed by atoms with Crippen LogP contribution < -0.4 is 0 Å². The van der Waals surface area contributed by atoms with Gasteiger partial charge in [-0.15, -0.1) is 0 Å². The molecule has 0 bridgehead atoms. The van der Waals surface area contributed by atoms with Gasteiger partial charge in [0.25, 0.3) is 0 Å². The molecule has 0 saturated carbocycles. The molecule has 0 aliphatic carbocycles. The average molecular weight is 179 g/mol. The van der Waals surface area contributed by atoms with Gasteiger partial charge in [-0.3, -0.25) is 0 Å². The zero-order valence-electron chi connectivity index (χ0n) is 6.39. The molecule has 66 valence electrons. The zero-order valence-corrected chi connectivity index (χ0v) is 6.39. The van der Waals surface area contributed by atoms with E-state index in [0.717, 1.165) is 12.5 Å². The molecule has 0 aliphatic heterocycles. The molecule has 0 unspecified atom stereocenters. The third-order valence-corrected chi connectivity index (χ3v) is 1.66. The first-order valence-corrected chi connectivity index (χ1v) is 3.48. The van der Waals surface area contributed by atoms with Crippen molar-refractivity contribution in [2.75, 3.05) is 0 Å². The van der Waals surface area contributed by atoms with Crippen molar-refractivity contribution < 1.29 is 19.4 Å². The highest BCUT2D eigenvalue weighted by atomic mass is 16.4. The molecule has 1 aromatic heterocycles. The lowest BCUT2D eigenvalue weighted by Crippen LogP contribution is -1.95. The fraction of sp³-hybridized carbons (Fsp3) is 0. The summed E-state index contributed by atoms with van der Waals surface area (Å²) in [4.78, 5) is 14.3. The van der Waals surface area contributed by atoms with Crippen molar-refractivity contribution in [2.24, 2.45) is 0 Å². The van der Waals surface area contributed by atoms with Crippen LogP contribution in [-0.2, 0) is 0 Å². The summed E-state index contributed by atoms with van der Waals surface area (Å²) in [6.07, 6.45) is 1.15. The van der Waals surface area contributed by atoms with Crippen LogP contribution >= 0.6 is 0 Å². The van der Waals surface area contributed by atoms with Crippen LogP contribution in [0.5, 0.6) is 5.75 Å². The Bertz CT molecular complexity index is 474. The number of fused-ring (bicyclic) bond motifs is 1. The lowest BCUT2D eigenvalue weighted by molar-refractivity contribution is 0.0696. The molecule has 1 heterocycles. The Labute approximate surface area is 72.2 Å². The summed E-state index contributed by atoms with van der Waals surface area (Å²) in [6, 6.07) is 2.46. The topological polar surface area (TPSA) is 83.6 Å². The molecule has 0 aliphatic rings. The molecule has 5 nitrogen and oxygen atoms in total. The Morgan fingerprint density at radius 2 is 2.23 bits per heavy atom. The van der Waals surface area contributed by atoms with Gasteiger partial charge in [-0.05, 0) is 12.1 Å². The van der Waals surface area contributed by atoms with Crippen molar-refractivity contribution >= 4 is 17.1 Å². The van der Waals surface area contributed by atoms with E-state index in [0.29, 0.717) is 5.52 Å². The molecule has 2 rings (SSSR count). The number of carboxylic acids is 1. The predicted octanol–water partition coefficient (Wildman–Crippen LogP) is 1.23. The fourth-order valence-electron chi connectivity index (χ4n) is 1.07. The quantitative estimate of drug-likeness (QED) is 0.687. The van der Waals surface area contributed by atoms with Crippen molar-refractivity contribution in [3.8, 4) is 5.75 Å². The molecule has 0 spiro atoms. The monoisotopic (exact) mass is 179 g/mol. The number of hydrogen-bond acceptors (Lipinski definition) is 4. The third kappa shape index (κ3) is 1.10. The van der Waals surface area contributed by atoms with Crippen molar-refractivity contribution in [3.05, 3.63) is 24.1 Å². The molecule has 0 amide bonds. The van der Waals surface area contributed by atoms with Crippen LogP contribution in [-0.4, -0.2) is 21.2 Å². The predicted molar refractivity (Wildman–Crippen MR) is 42.6 cm³/mol. The Morgan fingerprint density at radius 3 is 2.92 bits per heavy atom. The standard InChI is InChI=1S/C8H5NO4/c10-6-2-4(8(11)12)1-5-7(6)13-3-9-5/h1-3,10H,(H,11,12). The Hall–Kier alpha value is -2.04. The van der Waals surface area contributed by atoms with Crippen LogP contribution in [0.3, 0.4) is 0 Å². The van der Waals surface area contributed by atoms with Crippen molar-refractivity contribution in [2.45, 2.75) is 0 Å². The van der Waals surface area contributed by atoms with E-state index in [4.69, 9.17) is 9.52 Å². The van der Waals surface area contributed by atoms with Gasteiger partial charge in [-0.25, -0.2) is 9.78 Å². The number of aromatic hydroxyl groups is 1. The van der Waals surface area contributed by atoms with E-state index < -0.39 is 5.97 Å². The SMILES string of the molecule is O=C(O)c1cc(O)c2ocnc2c1. The van der Waals surface area contributed by atoms with Crippen LogP contribution in [0.25, 0.3) is 11.1 Å². The number of oxazole rings is 1. The molecule has 13 heavy (non-hydrogen) atoms. The van der Waals surface area contributed by atoms with E-state index in [9.17, 15) is 9.90 Å². The van der Waals surface area contributed by atoms with Gasteiger partial charge in [0.05, 0.1) is 5.56 Å². The number of carbonyl (C=O) groups is 1. The van der Waals surface area contributed by atoms with E-state index in [1.54, 1.807) is 0 Å². The summed E-state index contributed by atoms with van der Waals surface area (Å²) >= 11 is 0. The maximum atomic E-state index is 10.5. The second-order valence-electron chi connectivity index (χ2n) is 2.50. The summed E-state index contributed by atoms with van der Waals surface area (Å²) < 4.78 is 4.83. The van der Waals surface area contributed by atoms with Crippen LogP contribution in [0.1, 0.15) is 10.4 Å². The first-order chi connectivity index (χ1) is 6.18. The van der Waals surface area contributed by atoms with E-state index in [-0.39, 0.29) is 16.9 Å². The second kappa shape index (κ2) is 2.48. The minimum atomic E-state index is -1.11. The summed E-state index contributed by atoms with van der Waals surface area (Å²) in [7, 11) is 0. The normalized spacial score (nSPS) is 10.5. The molecule has 2 aromatic rings. The number of hydrogen-bond donors (Lipinski definition) is 2. The number of phenolic OH excluding ortho intramolecular Hbond substituents is 1. The van der Waals surface area contributed by atoms with E-state index in [1.807, 2.05) is 0 Å². The molecule has 0 saturated heterocycles. The van der Waals surface area contributed by atoms with Gasteiger partial charge in [-0.1, -0.05) is 0 Å². The Kier molecular flexibility index (Phi) is 1.45. The van der Waals surface area contributed by atoms with E-state index >= 15 is 0 Å². The molecule has 0 atom stereocenters. The molecule has 2 N–H and O–H groups in total. The first kappa shape index (κ1) is 7.60. The van der Waals surface area contributed by atoms with Gasteiger partial charge in [-0.2, -0.15) is 0 Å². The Morgan fingerprint density at radius 1 is 1.46 bits per heavy atom. The van der Waals surface area contributed by atoms with Crippen LogP contribution in [0.2, 0.25) is 0 Å².